The van der Waals surface area contributed by atoms with Gasteiger partial charge in [0.05, 0.1) is 7.11 Å². The lowest BCUT2D eigenvalue weighted by molar-refractivity contribution is 0.0947. The van der Waals surface area contributed by atoms with E-state index in [0.29, 0.717) is 12.1 Å². The zero-order valence-electron chi connectivity index (χ0n) is 13.6. The molecule has 0 aliphatic carbocycles. The number of carbonyl (C=O) groups excluding carboxylic acids is 1. The van der Waals surface area contributed by atoms with Gasteiger partial charge in [0, 0.05) is 36.6 Å². The molecule has 0 atom stereocenters. The number of ether oxygens (including phenoxy) is 1. The van der Waals surface area contributed by atoms with Gasteiger partial charge in [0.15, 0.2) is 0 Å². The zero-order chi connectivity index (χ0) is 16.2. The Morgan fingerprint density at radius 2 is 2.26 bits per heavy atom. The monoisotopic (exact) mass is 330 g/mol. The molecule has 2 heterocycles. The summed E-state index contributed by atoms with van der Waals surface area (Å²) in [4.78, 5) is 16.1. The van der Waals surface area contributed by atoms with Gasteiger partial charge >= 0.3 is 0 Å². The summed E-state index contributed by atoms with van der Waals surface area (Å²) in [6, 6.07) is 7.76. The summed E-state index contributed by atoms with van der Waals surface area (Å²) in [6.07, 6.45) is 1.12. The minimum atomic E-state index is -0.0449. The number of nitrogens with zero attached hydrogens (tertiary/aromatic N) is 1. The molecule has 1 aliphatic rings. The molecule has 2 aromatic rings. The van der Waals surface area contributed by atoms with Gasteiger partial charge in [-0.05, 0) is 48.1 Å². The average Bonchev–Trinajstić information content (AvgIpc) is 3.03. The van der Waals surface area contributed by atoms with Crippen molar-refractivity contribution in [3.05, 3.63) is 51.2 Å². The van der Waals surface area contributed by atoms with Crippen molar-refractivity contribution >= 4 is 17.2 Å². The number of nitrogens with one attached hydrogen (secondary N) is 1. The molecule has 1 aromatic heterocycles. The van der Waals surface area contributed by atoms with Crippen LogP contribution in [0.1, 0.15) is 26.4 Å². The third kappa shape index (κ3) is 3.74. The maximum Gasteiger partial charge on any atom is 0.251 e. The maximum atomic E-state index is 12.2. The predicted octanol–water partition coefficient (Wildman–Crippen LogP) is 2.85. The fourth-order valence-electron chi connectivity index (χ4n) is 2.89. The van der Waals surface area contributed by atoms with E-state index in [4.69, 9.17) is 4.74 Å². The molecule has 0 saturated carbocycles. The Bertz CT molecular complexity index is 696. The van der Waals surface area contributed by atoms with Crippen LogP contribution in [0.15, 0.2) is 29.6 Å². The molecular weight excluding hydrogens is 308 g/mol. The normalized spacial score (nSPS) is 14.3. The Morgan fingerprint density at radius 3 is 3.09 bits per heavy atom. The van der Waals surface area contributed by atoms with Crippen LogP contribution in [0.2, 0.25) is 0 Å². The van der Waals surface area contributed by atoms with Crippen molar-refractivity contribution in [3.63, 3.8) is 0 Å². The highest BCUT2D eigenvalue weighted by molar-refractivity contribution is 7.10. The number of benzene rings is 1. The fraction of sp³-hybridized carbons (Fsp3) is 0.389. The molecule has 1 aromatic carbocycles. The first kappa shape index (κ1) is 16.0. The van der Waals surface area contributed by atoms with Crippen molar-refractivity contribution in [2.24, 2.45) is 0 Å². The van der Waals surface area contributed by atoms with Gasteiger partial charge in [0.25, 0.3) is 5.91 Å². The summed E-state index contributed by atoms with van der Waals surface area (Å²) >= 11 is 1.85. The van der Waals surface area contributed by atoms with Gasteiger partial charge in [-0.15, -0.1) is 11.3 Å². The van der Waals surface area contributed by atoms with Crippen molar-refractivity contribution < 1.29 is 9.53 Å². The first-order valence-corrected chi connectivity index (χ1v) is 8.76. The molecule has 0 spiro atoms. The second-order valence-corrected chi connectivity index (χ2v) is 6.84. The van der Waals surface area contributed by atoms with Crippen LogP contribution in [0.3, 0.4) is 0 Å². The van der Waals surface area contributed by atoms with Crippen LogP contribution in [0.5, 0.6) is 5.75 Å². The molecule has 0 saturated heterocycles. The Balaban J connectivity index is 1.50. The first-order chi connectivity index (χ1) is 11.2. The van der Waals surface area contributed by atoms with Crippen LogP contribution in [-0.2, 0) is 13.0 Å². The van der Waals surface area contributed by atoms with Gasteiger partial charge in [0.2, 0.25) is 0 Å². The highest BCUT2D eigenvalue weighted by atomic mass is 32.1. The Labute approximate surface area is 141 Å². The summed E-state index contributed by atoms with van der Waals surface area (Å²) in [5.74, 6) is 0.704. The lowest BCUT2D eigenvalue weighted by Gasteiger charge is -2.26. The van der Waals surface area contributed by atoms with E-state index in [-0.39, 0.29) is 5.91 Å². The SMILES string of the molecule is COc1cc(C(=O)NCCN2CCc3sccc3C2)ccc1C. The molecule has 0 bridgehead atoms. The first-order valence-electron chi connectivity index (χ1n) is 7.88. The number of amides is 1. The summed E-state index contributed by atoms with van der Waals surface area (Å²) in [5, 5.41) is 5.17. The second-order valence-electron chi connectivity index (χ2n) is 5.84. The van der Waals surface area contributed by atoms with Gasteiger partial charge in [-0.25, -0.2) is 0 Å². The maximum absolute atomic E-state index is 12.2. The van der Waals surface area contributed by atoms with Crippen molar-refractivity contribution in [1.29, 1.82) is 0 Å². The molecule has 3 rings (SSSR count). The quantitative estimate of drug-likeness (QED) is 0.916. The summed E-state index contributed by atoms with van der Waals surface area (Å²) < 4.78 is 5.27. The van der Waals surface area contributed by atoms with Gasteiger partial charge in [-0.1, -0.05) is 6.07 Å². The van der Waals surface area contributed by atoms with E-state index in [1.54, 1.807) is 13.2 Å². The van der Waals surface area contributed by atoms with Crippen molar-refractivity contribution in [2.45, 2.75) is 19.9 Å². The topological polar surface area (TPSA) is 41.6 Å². The number of carbonyl (C=O) groups is 1. The molecule has 1 amide bonds. The molecule has 122 valence electrons. The average molecular weight is 330 g/mol. The third-order valence-electron chi connectivity index (χ3n) is 4.27. The van der Waals surface area contributed by atoms with E-state index in [2.05, 4.69) is 21.7 Å². The molecule has 0 fully saturated rings. The van der Waals surface area contributed by atoms with E-state index in [1.165, 1.54) is 10.4 Å². The van der Waals surface area contributed by atoms with Crippen LogP contribution >= 0.6 is 11.3 Å². The minimum Gasteiger partial charge on any atom is -0.496 e. The van der Waals surface area contributed by atoms with Gasteiger partial charge < -0.3 is 10.1 Å². The van der Waals surface area contributed by atoms with Crippen molar-refractivity contribution in [1.82, 2.24) is 10.2 Å². The Kier molecular flexibility index (Phi) is 4.98. The van der Waals surface area contributed by atoms with Crippen LogP contribution in [0.4, 0.5) is 0 Å². The largest absolute Gasteiger partial charge is 0.496 e. The summed E-state index contributed by atoms with van der Waals surface area (Å²) in [5.41, 5.74) is 3.12. The zero-order valence-corrected chi connectivity index (χ0v) is 14.4. The number of thiophene rings is 1. The molecule has 5 heteroatoms. The van der Waals surface area contributed by atoms with E-state index in [1.807, 2.05) is 30.4 Å². The standard InChI is InChI=1S/C18H22N2O2S/c1-13-3-4-14(11-16(13)22-2)18(21)19-7-9-20-8-5-17-15(12-20)6-10-23-17/h3-4,6,10-11H,5,7-9,12H2,1-2H3,(H,19,21). The predicted molar refractivity (Wildman–Crippen MR) is 93.4 cm³/mol. The summed E-state index contributed by atoms with van der Waals surface area (Å²) in [7, 11) is 1.62. The van der Waals surface area contributed by atoms with Crippen LogP contribution in [-0.4, -0.2) is 37.6 Å². The van der Waals surface area contributed by atoms with Crippen molar-refractivity contribution in [3.8, 4) is 5.75 Å². The number of rotatable bonds is 5. The Hall–Kier alpha value is -1.85. The highest BCUT2D eigenvalue weighted by Gasteiger charge is 2.17. The van der Waals surface area contributed by atoms with E-state index in [9.17, 15) is 4.79 Å². The molecule has 1 N–H and O–H groups in total. The molecule has 4 nitrogen and oxygen atoms in total. The number of hydrogen-bond acceptors (Lipinski definition) is 4. The highest BCUT2D eigenvalue weighted by Crippen LogP contribution is 2.23. The Morgan fingerprint density at radius 1 is 1.39 bits per heavy atom. The van der Waals surface area contributed by atoms with Gasteiger partial charge in [-0.2, -0.15) is 0 Å². The second kappa shape index (κ2) is 7.15. The minimum absolute atomic E-state index is 0.0449. The van der Waals surface area contributed by atoms with Gasteiger partial charge in [-0.3, -0.25) is 9.69 Å². The molecular formula is C18H22N2O2S. The lowest BCUT2D eigenvalue weighted by atomic mass is 10.1. The van der Waals surface area contributed by atoms with E-state index >= 15 is 0 Å². The summed E-state index contributed by atoms with van der Waals surface area (Å²) in [6.45, 7) is 5.57. The van der Waals surface area contributed by atoms with E-state index in [0.717, 1.165) is 37.4 Å². The molecule has 0 unspecified atom stereocenters. The van der Waals surface area contributed by atoms with Crippen LogP contribution in [0, 0.1) is 6.92 Å². The molecule has 1 aliphatic heterocycles. The molecule has 23 heavy (non-hydrogen) atoms. The third-order valence-corrected chi connectivity index (χ3v) is 5.29. The number of fused-ring (bicyclic) bond motifs is 1. The van der Waals surface area contributed by atoms with E-state index < -0.39 is 0 Å². The number of methoxy groups -OCH3 is 1. The smallest absolute Gasteiger partial charge is 0.251 e. The fourth-order valence-corrected chi connectivity index (χ4v) is 3.78. The van der Waals surface area contributed by atoms with Crippen LogP contribution in [0.25, 0.3) is 0 Å². The van der Waals surface area contributed by atoms with Crippen LogP contribution < -0.4 is 10.1 Å². The van der Waals surface area contributed by atoms with Gasteiger partial charge in [0.1, 0.15) is 5.75 Å². The lowest BCUT2D eigenvalue weighted by Crippen LogP contribution is -2.37. The number of hydrogen-bond donors (Lipinski definition) is 1. The van der Waals surface area contributed by atoms with Crippen molar-refractivity contribution in [2.75, 3.05) is 26.7 Å². The molecule has 0 radical (unpaired) electrons. The number of aryl methyl sites for hydroxylation is 1.